The number of aryl methyl sites for hydroxylation is 3. The van der Waals surface area contributed by atoms with Crippen LogP contribution in [0.3, 0.4) is 0 Å². The first-order valence-corrected chi connectivity index (χ1v) is 12.0. The maximum Gasteiger partial charge on any atom is 0.257 e. The molecule has 0 aliphatic heterocycles. The van der Waals surface area contributed by atoms with Gasteiger partial charge < -0.3 is 20.9 Å². The molecule has 3 aromatic heterocycles. The zero-order chi connectivity index (χ0) is 25.7. The third-order valence-electron chi connectivity index (χ3n) is 5.93. The van der Waals surface area contributed by atoms with E-state index in [0.29, 0.717) is 23.0 Å². The van der Waals surface area contributed by atoms with Crippen LogP contribution in [-0.2, 0) is 7.05 Å². The number of anilines is 4. The van der Waals surface area contributed by atoms with Crippen LogP contribution in [0.1, 0.15) is 34.3 Å². The molecule has 0 saturated carbocycles. The Morgan fingerprint density at radius 3 is 2.69 bits per heavy atom. The van der Waals surface area contributed by atoms with Crippen LogP contribution in [0.15, 0.2) is 42.9 Å². The van der Waals surface area contributed by atoms with E-state index >= 15 is 0 Å². The normalized spacial score (nSPS) is 11.2. The van der Waals surface area contributed by atoms with Gasteiger partial charge in [0.25, 0.3) is 5.91 Å². The van der Waals surface area contributed by atoms with Gasteiger partial charge in [0.15, 0.2) is 11.5 Å². The van der Waals surface area contributed by atoms with Crippen LogP contribution in [0.25, 0.3) is 11.0 Å². The molecular formula is C26H33N9O. The molecule has 0 aliphatic carbocycles. The molecule has 4 rings (SSSR count). The van der Waals surface area contributed by atoms with Crippen molar-refractivity contribution in [3.8, 4) is 0 Å². The van der Waals surface area contributed by atoms with E-state index in [4.69, 9.17) is 0 Å². The predicted octanol–water partition coefficient (Wildman–Crippen LogP) is 4.12. The van der Waals surface area contributed by atoms with Gasteiger partial charge in [-0.25, -0.2) is 9.67 Å². The van der Waals surface area contributed by atoms with E-state index in [1.54, 1.807) is 23.3 Å². The van der Waals surface area contributed by atoms with Crippen molar-refractivity contribution in [3.63, 3.8) is 0 Å². The summed E-state index contributed by atoms with van der Waals surface area (Å²) in [7, 11) is 6.02. The van der Waals surface area contributed by atoms with E-state index in [1.807, 2.05) is 45.2 Å². The zero-order valence-electron chi connectivity index (χ0n) is 21.5. The lowest BCUT2D eigenvalue weighted by Crippen LogP contribution is -2.14. The monoisotopic (exact) mass is 487 g/mol. The van der Waals surface area contributed by atoms with Gasteiger partial charge in [0.1, 0.15) is 0 Å². The molecule has 1 aromatic carbocycles. The molecule has 0 unspecified atom stereocenters. The van der Waals surface area contributed by atoms with Gasteiger partial charge in [-0.2, -0.15) is 10.1 Å². The quantitative estimate of drug-likeness (QED) is 0.286. The number of carbonyl (C=O) groups excluding carboxylic acids is 1. The number of benzene rings is 1. The lowest BCUT2D eigenvalue weighted by Gasteiger charge is -2.12. The van der Waals surface area contributed by atoms with E-state index in [2.05, 4.69) is 55.0 Å². The van der Waals surface area contributed by atoms with E-state index in [1.165, 1.54) is 0 Å². The molecule has 0 spiro atoms. The number of fused-ring (bicyclic) bond motifs is 1. The molecular weight excluding hydrogens is 454 g/mol. The number of rotatable bonds is 10. The molecule has 0 bridgehead atoms. The van der Waals surface area contributed by atoms with Crippen LogP contribution in [0.4, 0.5) is 23.1 Å². The molecule has 0 atom stereocenters. The van der Waals surface area contributed by atoms with Gasteiger partial charge in [-0.3, -0.25) is 9.78 Å². The maximum atomic E-state index is 12.7. The number of unbranched alkanes of at least 4 members (excludes halogenated alkanes) is 1. The smallest absolute Gasteiger partial charge is 0.257 e. The lowest BCUT2D eigenvalue weighted by atomic mass is 10.1. The Morgan fingerprint density at radius 1 is 1.08 bits per heavy atom. The minimum absolute atomic E-state index is 0.200. The number of aromatic nitrogens is 5. The largest absolute Gasteiger partial charge is 0.354 e. The summed E-state index contributed by atoms with van der Waals surface area (Å²) in [6.07, 6.45) is 7.19. The third kappa shape index (κ3) is 5.95. The van der Waals surface area contributed by atoms with Crippen molar-refractivity contribution in [2.75, 3.05) is 43.1 Å². The average Bonchev–Trinajstić information content (AvgIpc) is 3.15. The minimum atomic E-state index is -0.200. The Hall–Kier alpha value is -4.05. The Bertz CT molecular complexity index is 1360. The van der Waals surface area contributed by atoms with Crippen molar-refractivity contribution < 1.29 is 4.79 Å². The Kier molecular flexibility index (Phi) is 7.74. The van der Waals surface area contributed by atoms with Crippen molar-refractivity contribution in [1.29, 1.82) is 0 Å². The Morgan fingerprint density at radius 2 is 1.92 bits per heavy atom. The van der Waals surface area contributed by atoms with Crippen molar-refractivity contribution >= 4 is 40.1 Å². The van der Waals surface area contributed by atoms with E-state index in [0.717, 1.165) is 53.8 Å². The van der Waals surface area contributed by atoms with Gasteiger partial charge >= 0.3 is 0 Å². The standard InChI is InChI=1S/C26H33N9O/c1-17-10-12-27-15-20(17)25(36)30-19-9-8-18(2)22(14-19)31-23-21-16-29-26(32-24(21)35(5)33-23)28-11-6-7-13-34(3)4/h8-10,12,14-16H,6-7,11,13H2,1-5H3,(H,30,36)(H,31,33)(H,28,29,32). The van der Waals surface area contributed by atoms with Gasteiger partial charge in [-0.05, 0) is 76.7 Å². The van der Waals surface area contributed by atoms with Crippen molar-refractivity contribution in [2.24, 2.45) is 7.05 Å². The first kappa shape index (κ1) is 25.1. The second kappa shape index (κ2) is 11.1. The SMILES string of the molecule is Cc1ccc(NC(=O)c2cnccc2C)cc1Nc1nn(C)c2nc(NCCCCN(C)C)ncc12. The second-order valence-electron chi connectivity index (χ2n) is 9.14. The van der Waals surface area contributed by atoms with Crippen LogP contribution in [0.5, 0.6) is 0 Å². The fourth-order valence-electron chi connectivity index (χ4n) is 3.83. The fourth-order valence-corrected chi connectivity index (χ4v) is 3.83. The van der Waals surface area contributed by atoms with Crippen molar-refractivity contribution in [2.45, 2.75) is 26.7 Å². The van der Waals surface area contributed by atoms with Gasteiger partial charge in [0, 0.05) is 43.6 Å². The lowest BCUT2D eigenvalue weighted by molar-refractivity contribution is 0.102. The summed E-state index contributed by atoms with van der Waals surface area (Å²) in [4.78, 5) is 28.1. The molecule has 0 saturated heterocycles. The van der Waals surface area contributed by atoms with Crippen molar-refractivity contribution in [1.82, 2.24) is 29.6 Å². The molecule has 10 heteroatoms. The zero-order valence-corrected chi connectivity index (χ0v) is 21.5. The van der Waals surface area contributed by atoms with Crippen LogP contribution in [0, 0.1) is 13.8 Å². The summed E-state index contributed by atoms with van der Waals surface area (Å²) in [6.45, 7) is 5.77. The molecule has 0 fully saturated rings. The first-order chi connectivity index (χ1) is 17.3. The Balaban J connectivity index is 1.48. The van der Waals surface area contributed by atoms with Crippen LogP contribution < -0.4 is 16.0 Å². The molecule has 188 valence electrons. The number of nitrogens with zero attached hydrogens (tertiary/aromatic N) is 6. The molecule has 3 N–H and O–H groups in total. The summed E-state index contributed by atoms with van der Waals surface area (Å²) >= 11 is 0. The van der Waals surface area contributed by atoms with Crippen molar-refractivity contribution in [3.05, 3.63) is 59.5 Å². The summed E-state index contributed by atoms with van der Waals surface area (Å²) in [5.74, 6) is 1.04. The van der Waals surface area contributed by atoms with E-state index < -0.39 is 0 Å². The highest BCUT2D eigenvalue weighted by Crippen LogP contribution is 2.28. The predicted molar refractivity (Wildman–Crippen MR) is 144 cm³/mol. The summed E-state index contributed by atoms with van der Waals surface area (Å²) in [6, 6.07) is 7.54. The molecule has 4 aromatic rings. The fraction of sp³-hybridized carbons (Fsp3) is 0.346. The van der Waals surface area contributed by atoms with Crippen LogP contribution in [-0.4, -0.2) is 62.7 Å². The van der Waals surface area contributed by atoms with Gasteiger partial charge in [-0.1, -0.05) is 6.07 Å². The summed E-state index contributed by atoms with van der Waals surface area (Å²) in [5, 5.41) is 15.1. The second-order valence-corrected chi connectivity index (χ2v) is 9.14. The topological polar surface area (TPSA) is 113 Å². The molecule has 36 heavy (non-hydrogen) atoms. The molecule has 3 heterocycles. The molecule has 0 aliphatic rings. The number of carbonyl (C=O) groups is 1. The molecule has 0 radical (unpaired) electrons. The number of pyridine rings is 1. The van der Waals surface area contributed by atoms with Crippen LogP contribution in [0.2, 0.25) is 0 Å². The van der Waals surface area contributed by atoms with E-state index in [-0.39, 0.29) is 5.91 Å². The number of hydrogen-bond donors (Lipinski definition) is 3. The first-order valence-electron chi connectivity index (χ1n) is 12.0. The summed E-state index contributed by atoms with van der Waals surface area (Å²) in [5.41, 5.74) is 4.67. The summed E-state index contributed by atoms with van der Waals surface area (Å²) < 4.78 is 1.74. The highest BCUT2D eigenvalue weighted by Gasteiger charge is 2.14. The molecule has 10 nitrogen and oxygen atoms in total. The highest BCUT2D eigenvalue weighted by molar-refractivity contribution is 6.05. The van der Waals surface area contributed by atoms with Gasteiger partial charge in [0.2, 0.25) is 5.95 Å². The third-order valence-corrected chi connectivity index (χ3v) is 5.93. The minimum Gasteiger partial charge on any atom is -0.354 e. The molecule has 1 amide bonds. The number of nitrogens with one attached hydrogen (secondary N) is 3. The van der Waals surface area contributed by atoms with E-state index in [9.17, 15) is 4.79 Å². The Labute approximate surface area is 211 Å². The van der Waals surface area contributed by atoms with Gasteiger partial charge in [-0.15, -0.1) is 0 Å². The number of hydrogen-bond acceptors (Lipinski definition) is 8. The highest BCUT2D eigenvalue weighted by atomic mass is 16.1. The van der Waals surface area contributed by atoms with Gasteiger partial charge in [0.05, 0.1) is 10.9 Å². The van der Waals surface area contributed by atoms with Crippen LogP contribution >= 0.6 is 0 Å². The maximum absolute atomic E-state index is 12.7. The number of amides is 1. The average molecular weight is 488 g/mol.